The van der Waals surface area contributed by atoms with E-state index in [-0.39, 0.29) is 40.4 Å². The highest BCUT2D eigenvalue weighted by Gasteiger charge is 2.29. The molecule has 4 rings (SSSR count). The van der Waals surface area contributed by atoms with Gasteiger partial charge in [-0.05, 0) is 63.1 Å². The quantitative estimate of drug-likeness (QED) is 0.459. The van der Waals surface area contributed by atoms with Crippen LogP contribution < -0.4 is 16.0 Å². The molecule has 1 unspecified atom stereocenters. The third-order valence-electron chi connectivity index (χ3n) is 6.54. The molecule has 0 spiro atoms. The number of amides is 3. The first kappa shape index (κ1) is 25.1. The molecule has 3 amide bonds. The molecule has 1 saturated carbocycles. The van der Waals surface area contributed by atoms with Gasteiger partial charge < -0.3 is 25.7 Å². The third kappa shape index (κ3) is 6.18. The van der Waals surface area contributed by atoms with Crippen LogP contribution in [0.1, 0.15) is 65.1 Å². The molecule has 1 saturated heterocycles. The Balaban J connectivity index is 1.26. The lowest BCUT2D eigenvalue weighted by Gasteiger charge is -2.28. The summed E-state index contributed by atoms with van der Waals surface area (Å²) in [6, 6.07) is 2.56. The number of H-pyrrole nitrogens is 1. The fraction of sp³-hybridized carbons (Fsp3) is 0.500. The van der Waals surface area contributed by atoms with Gasteiger partial charge in [-0.2, -0.15) is 0 Å². The van der Waals surface area contributed by atoms with Crippen molar-refractivity contribution in [2.24, 2.45) is 5.92 Å². The minimum absolute atomic E-state index is 0.00496. The van der Waals surface area contributed by atoms with Gasteiger partial charge >= 0.3 is 0 Å². The summed E-state index contributed by atoms with van der Waals surface area (Å²) in [7, 11) is 0. The van der Waals surface area contributed by atoms with Gasteiger partial charge in [-0.1, -0.05) is 11.6 Å². The Bertz CT molecular complexity index is 1090. The van der Waals surface area contributed by atoms with Crippen LogP contribution in [0.3, 0.4) is 0 Å². The van der Waals surface area contributed by atoms with Crippen LogP contribution in [0.25, 0.3) is 0 Å². The van der Waals surface area contributed by atoms with Gasteiger partial charge in [0.2, 0.25) is 5.91 Å². The number of benzene rings is 1. The standard InChI is InChI=1S/C24H29ClFN5O4/c1-13-9-19(17(25)10-18(13)26)31-22(32)14-4-6-15(7-5-14)30-24(34)21-20(28-12-29-21)23(33)27-11-16-3-2-8-35-16/h9-10,12,14-16H,2-8,11H2,1H3,(H,27,33)(H,28,29)(H,30,34)(H,31,32). The van der Waals surface area contributed by atoms with Crippen molar-refractivity contribution in [1.29, 1.82) is 0 Å². The van der Waals surface area contributed by atoms with Crippen LogP contribution in [0.5, 0.6) is 0 Å². The summed E-state index contributed by atoms with van der Waals surface area (Å²) in [6.07, 6.45) is 5.54. The van der Waals surface area contributed by atoms with E-state index in [1.165, 1.54) is 18.5 Å². The normalized spacial score (nSPS) is 22.0. The Labute approximate surface area is 207 Å². The van der Waals surface area contributed by atoms with Crippen molar-refractivity contribution in [3.63, 3.8) is 0 Å². The largest absolute Gasteiger partial charge is 0.376 e. The van der Waals surface area contributed by atoms with E-state index in [4.69, 9.17) is 16.3 Å². The lowest BCUT2D eigenvalue weighted by molar-refractivity contribution is -0.120. The SMILES string of the molecule is Cc1cc(NC(=O)C2CCC(NC(=O)c3nc[nH]c3C(=O)NCC3CCCO3)CC2)c(Cl)cc1F. The van der Waals surface area contributed by atoms with Gasteiger partial charge in [0.15, 0.2) is 5.69 Å². The number of aromatic nitrogens is 2. The molecule has 4 N–H and O–H groups in total. The van der Waals surface area contributed by atoms with Crippen LogP contribution >= 0.6 is 11.6 Å². The van der Waals surface area contributed by atoms with Gasteiger partial charge in [0, 0.05) is 25.1 Å². The highest BCUT2D eigenvalue weighted by Crippen LogP contribution is 2.29. The van der Waals surface area contributed by atoms with Crippen molar-refractivity contribution in [2.75, 3.05) is 18.5 Å². The Morgan fingerprint density at radius 1 is 1.17 bits per heavy atom. The zero-order valence-electron chi connectivity index (χ0n) is 19.5. The molecule has 0 radical (unpaired) electrons. The Morgan fingerprint density at radius 2 is 1.94 bits per heavy atom. The molecule has 1 atom stereocenters. The Kier molecular flexibility index (Phi) is 8.02. The van der Waals surface area contributed by atoms with Crippen molar-refractivity contribution in [3.05, 3.63) is 46.3 Å². The maximum Gasteiger partial charge on any atom is 0.272 e. The molecule has 9 nitrogen and oxygen atoms in total. The first-order valence-corrected chi connectivity index (χ1v) is 12.2. The number of nitrogens with one attached hydrogen (secondary N) is 4. The number of hydrogen-bond acceptors (Lipinski definition) is 5. The van der Waals surface area contributed by atoms with Crippen molar-refractivity contribution < 1.29 is 23.5 Å². The summed E-state index contributed by atoms with van der Waals surface area (Å²) >= 11 is 6.06. The predicted molar refractivity (Wildman–Crippen MR) is 128 cm³/mol. The molecule has 2 heterocycles. The zero-order chi connectivity index (χ0) is 24.9. The van der Waals surface area contributed by atoms with Crippen molar-refractivity contribution in [3.8, 4) is 0 Å². The monoisotopic (exact) mass is 505 g/mol. The van der Waals surface area contributed by atoms with Crippen LogP contribution in [0, 0.1) is 18.7 Å². The minimum Gasteiger partial charge on any atom is -0.376 e. The topological polar surface area (TPSA) is 125 Å². The number of rotatable bonds is 7. The second kappa shape index (κ2) is 11.2. The summed E-state index contributed by atoms with van der Waals surface area (Å²) in [5, 5.41) is 8.65. The number of imidazole rings is 1. The van der Waals surface area contributed by atoms with Gasteiger partial charge in [-0.25, -0.2) is 9.37 Å². The average Bonchev–Trinajstić information content (AvgIpc) is 3.54. The molecule has 35 heavy (non-hydrogen) atoms. The fourth-order valence-electron chi connectivity index (χ4n) is 4.48. The molecule has 1 aromatic carbocycles. The summed E-state index contributed by atoms with van der Waals surface area (Å²) in [5.41, 5.74) is 0.931. The molecule has 1 aliphatic carbocycles. The molecule has 1 aliphatic heterocycles. The lowest BCUT2D eigenvalue weighted by atomic mass is 9.85. The maximum absolute atomic E-state index is 13.6. The second-order valence-electron chi connectivity index (χ2n) is 9.06. The van der Waals surface area contributed by atoms with E-state index in [0.29, 0.717) is 50.1 Å². The second-order valence-corrected chi connectivity index (χ2v) is 9.47. The van der Waals surface area contributed by atoms with Gasteiger partial charge in [-0.15, -0.1) is 0 Å². The van der Waals surface area contributed by atoms with E-state index in [9.17, 15) is 18.8 Å². The number of carbonyl (C=O) groups excluding carboxylic acids is 3. The summed E-state index contributed by atoms with van der Waals surface area (Å²) in [6.45, 7) is 2.68. The van der Waals surface area contributed by atoms with Crippen LogP contribution in [-0.2, 0) is 9.53 Å². The smallest absolute Gasteiger partial charge is 0.272 e. The number of hydrogen-bond donors (Lipinski definition) is 4. The highest BCUT2D eigenvalue weighted by atomic mass is 35.5. The first-order valence-electron chi connectivity index (χ1n) is 11.8. The zero-order valence-corrected chi connectivity index (χ0v) is 20.2. The summed E-state index contributed by atoms with van der Waals surface area (Å²) < 4.78 is 19.1. The van der Waals surface area contributed by atoms with E-state index < -0.39 is 17.6 Å². The van der Waals surface area contributed by atoms with E-state index in [1.807, 2.05) is 0 Å². The van der Waals surface area contributed by atoms with Crippen LogP contribution in [0.15, 0.2) is 18.5 Å². The molecule has 2 aromatic rings. The van der Waals surface area contributed by atoms with Crippen molar-refractivity contribution >= 4 is 35.0 Å². The molecule has 188 valence electrons. The van der Waals surface area contributed by atoms with E-state index in [2.05, 4.69) is 25.9 Å². The number of ether oxygens (including phenoxy) is 1. The summed E-state index contributed by atoms with van der Waals surface area (Å²) in [5.74, 6) is -1.69. The third-order valence-corrected chi connectivity index (χ3v) is 6.85. The number of halogens is 2. The molecule has 1 aromatic heterocycles. The molecular formula is C24H29ClFN5O4. The minimum atomic E-state index is -0.435. The Morgan fingerprint density at radius 3 is 2.66 bits per heavy atom. The number of aryl methyl sites for hydroxylation is 1. The molecule has 2 aliphatic rings. The molecule has 11 heteroatoms. The lowest BCUT2D eigenvalue weighted by Crippen LogP contribution is -2.40. The number of anilines is 1. The van der Waals surface area contributed by atoms with Crippen molar-refractivity contribution in [1.82, 2.24) is 20.6 Å². The van der Waals surface area contributed by atoms with Crippen LogP contribution in [0.4, 0.5) is 10.1 Å². The van der Waals surface area contributed by atoms with Crippen molar-refractivity contribution in [2.45, 2.75) is 57.6 Å². The van der Waals surface area contributed by atoms with Gasteiger partial charge in [0.05, 0.1) is 23.1 Å². The van der Waals surface area contributed by atoms with E-state index in [0.717, 1.165) is 12.8 Å². The number of nitrogens with zero attached hydrogens (tertiary/aromatic N) is 1. The predicted octanol–water partition coefficient (Wildman–Crippen LogP) is 3.35. The number of carbonyl (C=O) groups is 3. The molecular weight excluding hydrogens is 477 g/mol. The average molecular weight is 506 g/mol. The van der Waals surface area contributed by atoms with Gasteiger partial charge in [0.1, 0.15) is 11.5 Å². The van der Waals surface area contributed by atoms with E-state index >= 15 is 0 Å². The maximum atomic E-state index is 13.6. The fourth-order valence-corrected chi connectivity index (χ4v) is 4.68. The van der Waals surface area contributed by atoms with E-state index in [1.54, 1.807) is 6.92 Å². The number of aromatic amines is 1. The highest BCUT2D eigenvalue weighted by molar-refractivity contribution is 6.33. The van der Waals surface area contributed by atoms with Gasteiger partial charge in [-0.3, -0.25) is 14.4 Å². The first-order chi connectivity index (χ1) is 16.8. The van der Waals surface area contributed by atoms with Gasteiger partial charge in [0.25, 0.3) is 11.8 Å². The summed E-state index contributed by atoms with van der Waals surface area (Å²) in [4.78, 5) is 44.8. The molecule has 2 fully saturated rings. The van der Waals surface area contributed by atoms with Crippen LogP contribution in [0.2, 0.25) is 5.02 Å². The Hall–Kier alpha value is -2.98. The van der Waals surface area contributed by atoms with Crippen LogP contribution in [-0.4, -0.2) is 53.0 Å². The molecule has 0 bridgehead atoms.